The summed E-state index contributed by atoms with van der Waals surface area (Å²) >= 11 is 3.45. The second-order valence-corrected chi connectivity index (χ2v) is 5.07. The second kappa shape index (κ2) is 5.42. The van der Waals surface area contributed by atoms with Crippen LogP contribution in [0.15, 0.2) is 28.9 Å². The van der Waals surface area contributed by atoms with Gasteiger partial charge in [-0.1, -0.05) is 15.9 Å². The standard InChI is InChI=1S/C12H15BrN4/c1-17(2)6-5-14-12-11-4-3-10(13)7-9(11)8-15-16-12/h3-4,7-8H,5-6H2,1-2H3,(H,14,16). The molecule has 1 aromatic heterocycles. The Labute approximate surface area is 109 Å². The van der Waals surface area contributed by atoms with E-state index in [0.29, 0.717) is 0 Å². The van der Waals surface area contributed by atoms with Crippen molar-refractivity contribution in [3.63, 3.8) is 0 Å². The number of halogens is 1. The summed E-state index contributed by atoms with van der Waals surface area (Å²) in [4.78, 5) is 2.13. The normalized spacial score (nSPS) is 11.1. The number of hydrogen-bond donors (Lipinski definition) is 1. The Morgan fingerprint density at radius 1 is 1.35 bits per heavy atom. The maximum absolute atomic E-state index is 4.14. The summed E-state index contributed by atoms with van der Waals surface area (Å²) in [6.45, 7) is 1.82. The number of likely N-dealkylation sites (N-methyl/N-ethyl adjacent to an activating group) is 1. The average molecular weight is 295 g/mol. The van der Waals surface area contributed by atoms with Crippen molar-refractivity contribution in [2.75, 3.05) is 32.5 Å². The fourth-order valence-corrected chi connectivity index (χ4v) is 1.97. The van der Waals surface area contributed by atoms with E-state index in [2.05, 4.69) is 36.3 Å². The summed E-state index contributed by atoms with van der Waals surface area (Å²) in [5.74, 6) is 0.844. The van der Waals surface area contributed by atoms with Gasteiger partial charge in [-0.15, -0.1) is 5.10 Å². The molecule has 0 saturated heterocycles. The molecule has 4 nitrogen and oxygen atoms in total. The molecule has 0 amide bonds. The molecule has 2 aromatic rings. The van der Waals surface area contributed by atoms with Gasteiger partial charge in [-0.05, 0) is 32.3 Å². The van der Waals surface area contributed by atoms with Gasteiger partial charge in [0, 0.05) is 28.3 Å². The maximum Gasteiger partial charge on any atom is 0.156 e. The summed E-state index contributed by atoms with van der Waals surface area (Å²) in [7, 11) is 4.10. The smallest absolute Gasteiger partial charge is 0.156 e. The van der Waals surface area contributed by atoms with Crippen molar-refractivity contribution in [2.45, 2.75) is 0 Å². The lowest BCUT2D eigenvalue weighted by Crippen LogP contribution is -2.21. The van der Waals surface area contributed by atoms with Gasteiger partial charge >= 0.3 is 0 Å². The van der Waals surface area contributed by atoms with Gasteiger partial charge in [-0.25, -0.2) is 0 Å². The van der Waals surface area contributed by atoms with Crippen LogP contribution in [0.5, 0.6) is 0 Å². The van der Waals surface area contributed by atoms with Crippen LogP contribution in [0.4, 0.5) is 5.82 Å². The van der Waals surface area contributed by atoms with E-state index in [4.69, 9.17) is 0 Å². The minimum Gasteiger partial charge on any atom is -0.367 e. The number of nitrogens with zero attached hydrogens (tertiary/aromatic N) is 3. The minimum absolute atomic E-state index is 0.844. The number of hydrogen-bond acceptors (Lipinski definition) is 4. The minimum atomic E-state index is 0.844. The van der Waals surface area contributed by atoms with Crippen LogP contribution in [0, 0.1) is 0 Å². The van der Waals surface area contributed by atoms with Gasteiger partial charge in [0.15, 0.2) is 5.82 Å². The third-order valence-corrected chi connectivity index (χ3v) is 2.97. The molecule has 0 aliphatic carbocycles. The Morgan fingerprint density at radius 2 is 2.18 bits per heavy atom. The van der Waals surface area contributed by atoms with Gasteiger partial charge in [-0.3, -0.25) is 0 Å². The summed E-state index contributed by atoms with van der Waals surface area (Å²) in [5.41, 5.74) is 0. The number of aromatic nitrogens is 2. The van der Waals surface area contributed by atoms with E-state index in [-0.39, 0.29) is 0 Å². The molecule has 1 heterocycles. The highest BCUT2D eigenvalue weighted by Gasteiger charge is 2.03. The van der Waals surface area contributed by atoms with Gasteiger partial charge in [0.25, 0.3) is 0 Å². The molecule has 17 heavy (non-hydrogen) atoms. The molecular formula is C12H15BrN4. The zero-order chi connectivity index (χ0) is 12.3. The first-order chi connectivity index (χ1) is 8.16. The third-order valence-electron chi connectivity index (χ3n) is 2.47. The van der Waals surface area contributed by atoms with E-state index < -0.39 is 0 Å². The SMILES string of the molecule is CN(C)CCNc1nncc2cc(Br)ccc12. The molecule has 0 radical (unpaired) electrons. The molecule has 90 valence electrons. The third kappa shape index (κ3) is 3.14. The van der Waals surface area contributed by atoms with Crippen molar-refractivity contribution < 1.29 is 0 Å². The first-order valence-corrected chi connectivity index (χ1v) is 6.25. The largest absolute Gasteiger partial charge is 0.367 e. The van der Waals surface area contributed by atoms with Crippen molar-refractivity contribution in [2.24, 2.45) is 0 Å². The molecule has 1 aromatic carbocycles. The second-order valence-electron chi connectivity index (χ2n) is 4.15. The molecule has 5 heteroatoms. The average Bonchev–Trinajstić information content (AvgIpc) is 2.28. The van der Waals surface area contributed by atoms with E-state index in [1.165, 1.54) is 0 Å². The highest BCUT2D eigenvalue weighted by atomic mass is 79.9. The van der Waals surface area contributed by atoms with E-state index in [0.717, 1.165) is 34.2 Å². The summed E-state index contributed by atoms with van der Waals surface area (Å²) < 4.78 is 1.05. The van der Waals surface area contributed by atoms with Gasteiger partial charge in [0.05, 0.1) is 6.20 Å². The van der Waals surface area contributed by atoms with Crippen LogP contribution in [0.2, 0.25) is 0 Å². The lowest BCUT2D eigenvalue weighted by Gasteiger charge is -2.11. The van der Waals surface area contributed by atoms with Crippen molar-refractivity contribution in [3.05, 3.63) is 28.9 Å². The Balaban J connectivity index is 2.22. The topological polar surface area (TPSA) is 41.0 Å². The van der Waals surface area contributed by atoms with Crippen LogP contribution in [-0.4, -0.2) is 42.3 Å². The van der Waals surface area contributed by atoms with Crippen molar-refractivity contribution in [1.29, 1.82) is 0 Å². The van der Waals surface area contributed by atoms with Crippen LogP contribution in [0.3, 0.4) is 0 Å². The molecule has 0 saturated carbocycles. The Hall–Kier alpha value is -1.20. The molecule has 0 atom stereocenters. The number of benzene rings is 1. The molecular weight excluding hydrogens is 280 g/mol. The monoisotopic (exact) mass is 294 g/mol. The quantitative estimate of drug-likeness (QED) is 0.940. The van der Waals surface area contributed by atoms with E-state index in [1.54, 1.807) is 6.20 Å². The highest BCUT2D eigenvalue weighted by molar-refractivity contribution is 9.10. The van der Waals surface area contributed by atoms with E-state index in [1.807, 2.05) is 32.3 Å². The van der Waals surface area contributed by atoms with Crippen LogP contribution in [0.1, 0.15) is 0 Å². The molecule has 2 rings (SSSR count). The van der Waals surface area contributed by atoms with Gasteiger partial charge < -0.3 is 10.2 Å². The highest BCUT2D eigenvalue weighted by Crippen LogP contribution is 2.23. The summed E-state index contributed by atoms with van der Waals surface area (Å²) in [6.07, 6.45) is 1.78. The van der Waals surface area contributed by atoms with Crippen molar-refractivity contribution in [1.82, 2.24) is 15.1 Å². The number of rotatable bonds is 4. The number of fused-ring (bicyclic) bond motifs is 1. The van der Waals surface area contributed by atoms with Gasteiger partial charge in [0.2, 0.25) is 0 Å². The fourth-order valence-electron chi connectivity index (χ4n) is 1.59. The molecule has 0 bridgehead atoms. The van der Waals surface area contributed by atoms with Crippen LogP contribution in [-0.2, 0) is 0 Å². The van der Waals surface area contributed by atoms with Crippen LogP contribution in [0.25, 0.3) is 10.8 Å². The molecule has 0 unspecified atom stereocenters. The van der Waals surface area contributed by atoms with Crippen LogP contribution < -0.4 is 5.32 Å². The molecule has 0 aliphatic heterocycles. The fraction of sp³-hybridized carbons (Fsp3) is 0.333. The maximum atomic E-state index is 4.14. The predicted octanol–water partition coefficient (Wildman–Crippen LogP) is 2.37. The molecule has 1 N–H and O–H groups in total. The Morgan fingerprint density at radius 3 is 2.94 bits per heavy atom. The first kappa shape index (κ1) is 12.3. The molecule has 0 spiro atoms. The molecule has 0 aliphatic rings. The Kier molecular flexibility index (Phi) is 3.91. The number of nitrogens with one attached hydrogen (secondary N) is 1. The van der Waals surface area contributed by atoms with Crippen LogP contribution >= 0.6 is 15.9 Å². The zero-order valence-corrected chi connectivity index (χ0v) is 11.5. The number of anilines is 1. The molecule has 0 fully saturated rings. The Bertz CT molecular complexity index is 513. The zero-order valence-electron chi connectivity index (χ0n) is 9.94. The summed E-state index contributed by atoms with van der Waals surface area (Å²) in [5, 5.41) is 13.6. The van der Waals surface area contributed by atoms with Crippen molar-refractivity contribution in [3.8, 4) is 0 Å². The van der Waals surface area contributed by atoms with Crippen molar-refractivity contribution >= 4 is 32.5 Å². The van der Waals surface area contributed by atoms with E-state index in [9.17, 15) is 0 Å². The van der Waals surface area contributed by atoms with Gasteiger partial charge in [0.1, 0.15) is 0 Å². The lowest BCUT2D eigenvalue weighted by atomic mass is 10.2. The first-order valence-electron chi connectivity index (χ1n) is 5.46. The van der Waals surface area contributed by atoms with Gasteiger partial charge in [-0.2, -0.15) is 5.10 Å². The lowest BCUT2D eigenvalue weighted by molar-refractivity contribution is 0.425. The van der Waals surface area contributed by atoms with E-state index >= 15 is 0 Å². The summed E-state index contributed by atoms with van der Waals surface area (Å²) in [6, 6.07) is 6.11. The predicted molar refractivity (Wildman–Crippen MR) is 74.3 cm³/mol.